The average Bonchev–Trinajstić information content (AvgIpc) is 3.68. The van der Waals surface area contributed by atoms with Crippen molar-refractivity contribution in [3.8, 4) is 11.5 Å². The number of likely N-dealkylation sites (tertiary alicyclic amines) is 1. The van der Waals surface area contributed by atoms with E-state index in [4.69, 9.17) is 9.40 Å². The van der Waals surface area contributed by atoms with Gasteiger partial charge in [-0.15, -0.1) is 22.7 Å². The SMILES string of the molecule is CCN(CC)C1CCN(CCCN(C(=O)c2cccs2)c2nc(-c3cc4ccccc4o3)cs2)CC1. The van der Waals surface area contributed by atoms with Crippen molar-refractivity contribution >= 4 is 44.7 Å². The van der Waals surface area contributed by atoms with Crippen molar-refractivity contribution in [3.63, 3.8) is 0 Å². The van der Waals surface area contributed by atoms with E-state index in [9.17, 15) is 4.79 Å². The molecule has 0 bridgehead atoms. The summed E-state index contributed by atoms with van der Waals surface area (Å²) in [5.41, 5.74) is 1.62. The molecule has 1 saturated heterocycles. The summed E-state index contributed by atoms with van der Waals surface area (Å²) in [7, 11) is 0. The molecule has 0 saturated carbocycles. The van der Waals surface area contributed by atoms with Crippen LogP contribution in [0.3, 0.4) is 0 Å². The lowest BCUT2D eigenvalue weighted by atomic mass is 10.0. The first-order valence-corrected chi connectivity index (χ1v) is 14.7. The van der Waals surface area contributed by atoms with E-state index < -0.39 is 0 Å². The second kappa shape index (κ2) is 11.7. The van der Waals surface area contributed by atoms with Crippen LogP contribution in [0.5, 0.6) is 0 Å². The van der Waals surface area contributed by atoms with E-state index in [1.165, 1.54) is 35.5 Å². The summed E-state index contributed by atoms with van der Waals surface area (Å²) in [4.78, 5) is 26.0. The standard InChI is InChI=1S/C28H34N4O2S2/c1-3-31(4-2)22-12-16-30(17-13-22)14-8-15-32(27(33)26-11-7-18-35-26)28-29-23(20-36-28)25-19-21-9-5-6-10-24(21)34-25/h5-7,9-11,18-20,22H,3-4,8,12-17H2,1-2H3. The Morgan fingerprint density at radius 2 is 1.92 bits per heavy atom. The molecule has 0 radical (unpaired) electrons. The van der Waals surface area contributed by atoms with Crippen LogP contribution in [0.15, 0.2) is 57.6 Å². The minimum absolute atomic E-state index is 0.0238. The number of carbonyl (C=O) groups excluding carboxylic acids is 1. The molecule has 36 heavy (non-hydrogen) atoms. The zero-order valence-electron chi connectivity index (χ0n) is 21.1. The fourth-order valence-electron chi connectivity index (χ4n) is 5.13. The van der Waals surface area contributed by atoms with Gasteiger partial charge in [-0.3, -0.25) is 9.69 Å². The molecule has 8 heteroatoms. The van der Waals surface area contributed by atoms with E-state index in [2.05, 4.69) is 23.6 Å². The van der Waals surface area contributed by atoms with Gasteiger partial charge in [0.05, 0.1) is 4.88 Å². The van der Waals surface area contributed by atoms with Gasteiger partial charge in [-0.1, -0.05) is 38.1 Å². The first kappa shape index (κ1) is 25.1. The third-order valence-corrected chi connectivity index (χ3v) is 8.84. The number of hydrogen-bond acceptors (Lipinski definition) is 7. The summed E-state index contributed by atoms with van der Waals surface area (Å²) in [6, 6.07) is 14.5. The van der Waals surface area contributed by atoms with Crippen molar-refractivity contribution in [1.82, 2.24) is 14.8 Å². The monoisotopic (exact) mass is 522 g/mol. The number of thiophene rings is 1. The van der Waals surface area contributed by atoms with Crippen LogP contribution < -0.4 is 4.90 Å². The molecule has 1 fully saturated rings. The summed E-state index contributed by atoms with van der Waals surface area (Å²) >= 11 is 2.98. The average molecular weight is 523 g/mol. The molecule has 1 aromatic carbocycles. The smallest absolute Gasteiger partial charge is 0.270 e. The molecule has 1 aliphatic heterocycles. The number of amides is 1. The lowest BCUT2D eigenvalue weighted by molar-refractivity contribution is 0.0985. The first-order valence-electron chi connectivity index (χ1n) is 12.9. The minimum atomic E-state index is 0.0238. The Kier molecular flexibility index (Phi) is 8.16. The largest absolute Gasteiger partial charge is 0.454 e. The fraction of sp³-hybridized carbons (Fsp3) is 0.429. The van der Waals surface area contributed by atoms with Gasteiger partial charge in [0.1, 0.15) is 11.3 Å². The van der Waals surface area contributed by atoms with E-state index in [0.717, 1.165) is 71.6 Å². The van der Waals surface area contributed by atoms with Crippen LogP contribution in [-0.4, -0.2) is 66.0 Å². The predicted octanol–water partition coefficient (Wildman–Crippen LogP) is 6.46. The maximum absolute atomic E-state index is 13.4. The number of furan rings is 1. The molecule has 0 spiro atoms. The number of thiazole rings is 1. The van der Waals surface area contributed by atoms with Gasteiger partial charge in [-0.2, -0.15) is 0 Å². The number of nitrogens with zero attached hydrogens (tertiary/aromatic N) is 4. The number of anilines is 1. The van der Waals surface area contributed by atoms with E-state index in [1.807, 2.05) is 58.1 Å². The Hall–Kier alpha value is -2.52. The summed E-state index contributed by atoms with van der Waals surface area (Å²) in [6.07, 6.45) is 3.38. The van der Waals surface area contributed by atoms with Crippen LogP contribution in [0.2, 0.25) is 0 Å². The number of para-hydroxylation sites is 1. The van der Waals surface area contributed by atoms with E-state index in [-0.39, 0.29) is 5.91 Å². The Bertz CT molecular complexity index is 1220. The fourth-order valence-corrected chi connectivity index (χ4v) is 6.64. The second-order valence-corrected chi connectivity index (χ2v) is 11.0. The van der Waals surface area contributed by atoms with Gasteiger partial charge in [0.25, 0.3) is 5.91 Å². The van der Waals surface area contributed by atoms with Gasteiger partial charge in [-0.05, 0) is 75.6 Å². The van der Waals surface area contributed by atoms with Gasteiger partial charge < -0.3 is 14.2 Å². The Morgan fingerprint density at radius 1 is 1.11 bits per heavy atom. The van der Waals surface area contributed by atoms with Gasteiger partial charge in [0, 0.05) is 23.4 Å². The van der Waals surface area contributed by atoms with Crippen molar-refractivity contribution in [2.24, 2.45) is 0 Å². The molecule has 3 aromatic heterocycles. The Labute approximate surface area is 221 Å². The van der Waals surface area contributed by atoms with Crippen LogP contribution in [0.1, 0.15) is 42.8 Å². The van der Waals surface area contributed by atoms with Gasteiger partial charge >= 0.3 is 0 Å². The summed E-state index contributed by atoms with van der Waals surface area (Å²) in [6.45, 7) is 10.7. The van der Waals surface area contributed by atoms with Gasteiger partial charge in [-0.25, -0.2) is 4.98 Å². The molecular formula is C28H34N4O2S2. The van der Waals surface area contributed by atoms with Crippen LogP contribution in [-0.2, 0) is 0 Å². The topological polar surface area (TPSA) is 52.8 Å². The van der Waals surface area contributed by atoms with Gasteiger partial charge in [0.15, 0.2) is 10.9 Å². The van der Waals surface area contributed by atoms with Crippen molar-refractivity contribution in [3.05, 3.63) is 58.1 Å². The number of carbonyl (C=O) groups is 1. The molecule has 1 amide bonds. The normalized spacial score (nSPS) is 15.2. The molecule has 6 nitrogen and oxygen atoms in total. The van der Waals surface area contributed by atoms with E-state index in [0.29, 0.717) is 12.6 Å². The van der Waals surface area contributed by atoms with E-state index >= 15 is 0 Å². The molecule has 1 aliphatic rings. The number of hydrogen-bond donors (Lipinski definition) is 0. The molecule has 0 aliphatic carbocycles. The third kappa shape index (κ3) is 5.57. The molecule has 190 valence electrons. The molecule has 4 heterocycles. The van der Waals surface area contributed by atoms with Crippen molar-refractivity contribution in [2.45, 2.75) is 39.2 Å². The van der Waals surface area contributed by atoms with Crippen molar-refractivity contribution < 1.29 is 9.21 Å². The molecule has 0 atom stereocenters. The maximum Gasteiger partial charge on any atom is 0.270 e. The summed E-state index contributed by atoms with van der Waals surface area (Å²) in [5, 5.41) is 5.72. The lowest BCUT2D eigenvalue weighted by Crippen LogP contribution is -2.45. The minimum Gasteiger partial charge on any atom is -0.454 e. The maximum atomic E-state index is 13.4. The zero-order valence-corrected chi connectivity index (χ0v) is 22.7. The van der Waals surface area contributed by atoms with Crippen LogP contribution in [0, 0.1) is 0 Å². The highest BCUT2D eigenvalue weighted by molar-refractivity contribution is 7.14. The highest BCUT2D eigenvalue weighted by Gasteiger charge is 2.25. The van der Waals surface area contributed by atoms with Crippen molar-refractivity contribution in [1.29, 1.82) is 0 Å². The number of piperidine rings is 1. The highest BCUT2D eigenvalue weighted by Crippen LogP contribution is 2.32. The molecule has 0 N–H and O–H groups in total. The summed E-state index contributed by atoms with van der Waals surface area (Å²) < 4.78 is 6.01. The second-order valence-electron chi connectivity index (χ2n) is 9.25. The highest BCUT2D eigenvalue weighted by atomic mass is 32.1. The molecule has 0 unspecified atom stereocenters. The van der Waals surface area contributed by atoms with E-state index in [1.54, 1.807) is 0 Å². The number of benzene rings is 1. The quantitative estimate of drug-likeness (QED) is 0.239. The number of rotatable bonds is 10. The number of aromatic nitrogens is 1. The Balaban J connectivity index is 1.26. The zero-order chi connectivity index (χ0) is 24.9. The Morgan fingerprint density at radius 3 is 2.64 bits per heavy atom. The summed E-state index contributed by atoms with van der Waals surface area (Å²) in [5.74, 6) is 0.758. The third-order valence-electron chi connectivity index (χ3n) is 7.12. The predicted molar refractivity (Wildman–Crippen MR) is 150 cm³/mol. The lowest BCUT2D eigenvalue weighted by Gasteiger charge is -2.37. The van der Waals surface area contributed by atoms with Crippen molar-refractivity contribution in [2.75, 3.05) is 44.2 Å². The van der Waals surface area contributed by atoms with Crippen LogP contribution in [0.25, 0.3) is 22.4 Å². The molecule has 5 rings (SSSR count). The van der Waals surface area contributed by atoms with Crippen LogP contribution >= 0.6 is 22.7 Å². The van der Waals surface area contributed by atoms with Gasteiger partial charge in [0.2, 0.25) is 0 Å². The van der Waals surface area contributed by atoms with Crippen LogP contribution in [0.4, 0.5) is 5.13 Å². The molecular weight excluding hydrogens is 488 g/mol. The molecule has 4 aromatic rings. The first-order chi connectivity index (χ1) is 17.7. The number of fused-ring (bicyclic) bond motifs is 1.